The van der Waals surface area contributed by atoms with Crippen LogP contribution in [0.3, 0.4) is 0 Å². The van der Waals surface area contributed by atoms with Crippen molar-refractivity contribution in [3.63, 3.8) is 0 Å². The van der Waals surface area contributed by atoms with Gasteiger partial charge in [0.2, 0.25) is 5.95 Å². The van der Waals surface area contributed by atoms with Crippen LogP contribution in [0.15, 0.2) is 42.9 Å². The Labute approximate surface area is 163 Å². The maximum Gasteiger partial charge on any atom is 0.253 e. The maximum absolute atomic E-state index is 12.7. The monoisotopic (exact) mass is 377 g/mol. The van der Waals surface area contributed by atoms with Crippen molar-refractivity contribution in [3.8, 4) is 5.69 Å². The quantitative estimate of drug-likeness (QED) is 0.655. The van der Waals surface area contributed by atoms with Crippen molar-refractivity contribution in [3.05, 3.63) is 59.7 Å². The third-order valence-electron chi connectivity index (χ3n) is 4.83. The van der Waals surface area contributed by atoms with Crippen LogP contribution in [0, 0.1) is 0 Å². The minimum Gasteiger partial charge on any atom is -0.354 e. The summed E-state index contributed by atoms with van der Waals surface area (Å²) in [5, 5.41) is 14.5. The Morgan fingerprint density at radius 3 is 2.89 bits per heavy atom. The third kappa shape index (κ3) is 4.00. The number of fused-ring (bicyclic) bond motifs is 1. The van der Waals surface area contributed by atoms with Gasteiger partial charge in [-0.15, -0.1) is 0 Å². The summed E-state index contributed by atoms with van der Waals surface area (Å²) in [7, 11) is 0. The first kappa shape index (κ1) is 18.1. The van der Waals surface area contributed by atoms with Crippen molar-refractivity contribution in [2.45, 2.75) is 38.6 Å². The molecule has 2 heterocycles. The predicted molar refractivity (Wildman–Crippen MR) is 105 cm³/mol. The van der Waals surface area contributed by atoms with E-state index < -0.39 is 0 Å². The van der Waals surface area contributed by atoms with Gasteiger partial charge in [0.1, 0.15) is 0 Å². The second-order valence-electron chi connectivity index (χ2n) is 6.94. The first-order valence-electron chi connectivity index (χ1n) is 9.56. The molecule has 28 heavy (non-hydrogen) atoms. The molecule has 8 heteroatoms. The van der Waals surface area contributed by atoms with E-state index in [1.54, 1.807) is 18.5 Å². The van der Waals surface area contributed by atoms with Crippen LogP contribution < -0.4 is 10.6 Å². The number of nitrogens with one attached hydrogen (secondary N) is 2. The van der Waals surface area contributed by atoms with Gasteiger partial charge in [0.05, 0.1) is 23.6 Å². The van der Waals surface area contributed by atoms with E-state index in [1.165, 1.54) is 10.4 Å². The summed E-state index contributed by atoms with van der Waals surface area (Å²) in [5.41, 5.74) is 3.61. The minimum atomic E-state index is -0.144. The van der Waals surface area contributed by atoms with Crippen molar-refractivity contribution in [1.82, 2.24) is 30.3 Å². The first-order valence-corrected chi connectivity index (χ1v) is 9.56. The average Bonchev–Trinajstić information content (AvgIpc) is 3.39. The summed E-state index contributed by atoms with van der Waals surface area (Å²) < 4.78 is 0. The lowest BCUT2D eigenvalue weighted by Gasteiger charge is -2.16. The molecule has 3 aromatic rings. The Hall–Kier alpha value is -3.29. The molecule has 0 saturated heterocycles. The number of nitrogens with zero attached hydrogens (tertiary/aromatic N) is 5. The zero-order valence-electron chi connectivity index (χ0n) is 15.8. The van der Waals surface area contributed by atoms with Crippen LogP contribution in [-0.4, -0.2) is 43.5 Å². The number of rotatable bonds is 7. The Bertz CT molecular complexity index is 955. The Morgan fingerprint density at radius 1 is 1.21 bits per heavy atom. The fraction of sp³-hybridized carbons (Fsp3) is 0.350. The van der Waals surface area contributed by atoms with Crippen LogP contribution in [0.2, 0.25) is 0 Å². The van der Waals surface area contributed by atoms with Gasteiger partial charge < -0.3 is 10.6 Å². The molecular weight excluding hydrogens is 354 g/mol. The highest BCUT2D eigenvalue weighted by Crippen LogP contribution is 2.19. The van der Waals surface area contributed by atoms with Crippen molar-refractivity contribution >= 4 is 11.9 Å². The molecular formula is C20H23N7O. The first-order chi connectivity index (χ1) is 13.7. The molecule has 1 amide bonds. The number of anilines is 1. The van der Waals surface area contributed by atoms with Gasteiger partial charge >= 0.3 is 0 Å². The van der Waals surface area contributed by atoms with Crippen LogP contribution in [0.4, 0.5) is 5.95 Å². The molecule has 144 valence electrons. The maximum atomic E-state index is 12.7. The molecule has 2 aromatic heterocycles. The predicted octanol–water partition coefficient (Wildman–Crippen LogP) is 2.17. The van der Waals surface area contributed by atoms with Crippen LogP contribution in [0.25, 0.3) is 5.69 Å². The molecule has 0 radical (unpaired) electrons. The molecule has 0 saturated carbocycles. The third-order valence-corrected chi connectivity index (χ3v) is 4.83. The number of amides is 1. The molecule has 4 rings (SSSR count). The zero-order valence-corrected chi connectivity index (χ0v) is 15.8. The van der Waals surface area contributed by atoms with Crippen molar-refractivity contribution < 1.29 is 4.79 Å². The summed E-state index contributed by atoms with van der Waals surface area (Å²) in [5.74, 6) is 0.517. The lowest BCUT2D eigenvalue weighted by Crippen LogP contribution is -2.34. The number of aryl methyl sites for hydroxylation is 2. The van der Waals surface area contributed by atoms with Crippen molar-refractivity contribution in [2.24, 2.45) is 0 Å². The Kier molecular flexibility index (Phi) is 5.27. The lowest BCUT2D eigenvalue weighted by molar-refractivity contribution is 0.0938. The van der Waals surface area contributed by atoms with Crippen LogP contribution >= 0.6 is 0 Å². The summed E-state index contributed by atoms with van der Waals surface area (Å²) in [6.45, 7) is 2.67. The second-order valence-corrected chi connectivity index (χ2v) is 6.94. The highest BCUT2D eigenvalue weighted by atomic mass is 16.1. The van der Waals surface area contributed by atoms with Gasteiger partial charge in [0.15, 0.2) is 0 Å². The van der Waals surface area contributed by atoms with Gasteiger partial charge in [0.25, 0.3) is 5.91 Å². The smallest absolute Gasteiger partial charge is 0.253 e. The van der Waals surface area contributed by atoms with Gasteiger partial charge in [-0.1, -0.05) is 12.1 Å². The molecule has 0 bridgehead atoms. The molecule has 1 atom stereocenters. The highest BCUT2D eigenvalue weighted by Gasteiger charge is 2.16. The van der Waals surface area contributed by atoms with E-state index in [9.17, 15) is 4.79 Å². The zero-order chi connectivity index (χ0) is 19.3. The summed E-state index contributed by atoms with van der Waals surface area (Å²) in [6.07, 6.45) is 9.12. The van der Waals surface area contributed by atoms with Crippen LogP contribution in [-0.2, 0) is 12.8 Å². The molecule has 0 unspecified atom stereocenters. The van der Waals surface area contributed by atoms with Gasteiger partial charge in [-0.2, -0.15) is 15.0 Å². The van der Waals surface area contributed by atoms with Crippen LogP contribution in [0.5, 0.6) is 0 Å². The molecule has 0 aliphatic heterocycles. The Morgan fingerprint density at radius 2 is 2.04 bits per heavy atom. The van der Waals surface area contributed by atoms with E-state index in [1.807, 2.05) is 31.3 Å². The van der Waals surface area contributed by atoms with Gasteiger partial charge in [-0.25, -0.2) is 9.97 Å². The topological polar surface area (TPSA) is 97.6 Å². The minimum absolute atomic E-state index is 0.00642. The number of hydrogen-bond acceptors (Lipinski definition) is 6. The number of benzene rings is 1. The number of para-hydroxylation sites is 1. The SMILES string of the molecule is C[C@H](CCNc1ncc2c(n1)CCC2)NC(=O)c1ccccc1-n1nccn1. The molecule has 1 aromatic carbocycles. The fourth-order valence-corrected chi connectivity index (χ4v) is 3.35. The van der Waals surface area contributed by atoms with E-state index in [0.29, 0.717) is 23.7 Å². The van der Waals surface area contributed by atoms with E-state index >= 15 is 0 Å². The van der Waals surface area contributed by atoms with Gasteiger partial charge in [-0.05, 0) is 50.3 Å². The highest BCUT2D eigenvalue weighted by molar-refractivity contribution is 5.97. The van der Waals surface area contributed by atoms with Gasteiger partial charge in [-0.3, -0.25) is 4.79 Å². The fourth-order valence-electron chi connectivity index (χ4n) is 3.35. The van der Waals surface area contributed by atoms with E-state index in [-0.39, 0.29) is 11.9 Å². The number of hydrogen-bond donors (Lipinski definition) is 2. The molecule has 0 fully saturated rings. The largest absolute Gasteiger partial charge is 0.354 e. The van der Waals surface area contributed by atoms with E-state index in [2.05, 4.69) is 30.8 Å². The Balaban J connectivity index is 1.32. The normalized spacial score (nSPS) is 13.8. The molecule has 2 N–H and O–H groups in total. The van der Waals surface area contributed by atoms with E-state index in [0.717, 1.165) is 31.4 Å². The average molecular weight is 377 g/mol. The lowest BCUT2D eigenvalue weighted by atomic mass is 10.1. The van der Waals surface area contributed by atoms with Crippen molar-refractivity contribution in [1.29, 1.82) is 0 Å². The number of carbonyl (C=O) groups excluding carboxylic acids is 1. The summed E-state index contributed by atoms with van der Waals surface area (Å²) in [4.78, 5) is 23.1. The number of carbonyl (C=O) groups is 1. The molecule has 0 spiro atoms. The second kappa shape index (κ2) is 8.16. The molecule has 1 aliphatic carbocycles. The number of aromatic nitrogens is 5. The van der Waals surface area contributed by atoms with Crippen LogP contribution in [0.1, 0.15) is 41.4 Å². The van der Waals surface area contributed by atoms with Crippen molar-refractivity contribution in [2.75, 3.05) is 11.9 Å². The molecule has 8 nitrogen and oxygen atoms in total. The summed E-state index contributed by atoms with van der Waals surface area (Å²) in [6, 6.07) is 7.29. The van der Waals surface area contributed by atoms with Gasteiger partial charge in [0, 0.05) is 24.5 Å². The summed E-state index contributed by atoms with van der Waals surface area (Å²) >= 11 is 0. The standard InChI is InChI=1S/C20H23N7O/c1-14(9-10-21-20-22-13-15-5-4-7-17(15)26-20)25-19(28)16-6-2-3-8-18(16)27-23-11-12-24-27/h2-3,6,8,11-14H,4-5,7,9-10H2,1H3,(H,25,28)(H,21,22,26)/t14-/m1/s1. The molecule has 1 aliphatic rings. The van der Waals surface area contributed by atoms with E-state index in [4.69, 9.17) is 0 Å².